The minimum atomic E-state index is 0.564. The molecule has 0 aliphatic rings. The van der Waals surface area contributed by atoms with Crippen LogP contribution in [0.15, 0.2) is 47.5 Å². The highest BCUT2D eigenvalue weighted by atomic mass is 16.5. The Kier molecular flexibility index (Phi) is 9.15. The number of rotatable bonds is 10. The molecular formula is C22H31N3O3. The van der Waals surface area contributed by atoms with Crippen LogP contribution in [0, 0.1) is 0 Å². The summed E-state index contributed by atoms with van der Waals surface area (Å²) in [5, 5.41) is 6.59. The van der Waals surface area contributed by atoms with Crippen molar-refractivity contribution in [1.82, 2.24) is 5.32 Å². The van der Waals surface area contributed by atoms with Gasteiger partial charge in [0.25, 0.3) is 0 Å². The Balaban J connectivity index is 2.13. The average molecular weight is 386 g/mol. The Morgan fingerprint density at radius 2 is 1.71 bits per heavy atom. The molecule has 0 heterocycles. The summed E-state index contributed by atoms with van der Waals surface area (Å²) in [6.07, 6.45) is 1.01. The van der Waals surface area contributed by atoms with Crippen LogP contribution in [-0.4, -0.2) is 33.3 Å². The van der Waals surface area contributed by atoms with Crippen LogP contribution in [0.3, 0.4) is 0 Å². The fraction of sp³-hybridized carbons (Fsp3) is 0.409. The summed E-state index contributed by atoms with van der Waals surface area (Å²) in [4.78, 5) is 4.73. The summed E-state index contributed by atoms with van der Waals surface area (Å²) >= 11 is 0. The molecule has 0 aliphatic heterocycles. The third-order valence-electron chi connectivity index (χ3n) is 4.12. The first kappa shape index (κ1) is 21.6. The van der Waals surface area contributed by atoms with Gasteiger partial charge in [0.1, 0.15) is 0 Å². The molecule has 0 radical (unpaired) electrons. The van der Waals surface area contributed by atoms with Crippen molar-refractivity contribution in [2.45, 2.75) is 33.4 Å². The van der Waals surface area contributed by atoms with E-state index >= 15 is 0 Å². The van der Waals surface area contributed by atoms with Crippen LogP contribution in [0.2, 0.25) is 0 Å². The normalized spacial score (nSPS) is 11.2. The van der Waals surface area contributed by atoms with Gasteiger partial charge in [-0.25, -0.2) is 4.99 Å². The molecule has 0 bridgehead atoms. The zero-order valence-electron chi connectivity index (χ0n) is 17.2. The third kappa shape index (κ3) is 6.46. The van der Waals surface area contributed by atoms with E-state index in [1.165, 1.54) is 5.56 Å². The number of nitrogens with zero attached hydrogens (tertiary/aromatic N) is 1. The molecule has 0 aromatic heterocycles. The zero-order chi connectivity index (χ0) is 20.2. The first-order valence-electron chi connectivity index (χ1n) is 9.63. The van der Waals surface area contributed by atoms with E-state index in [1.54, 1.807) is 14.2 Å². The number of benzene rings is 2. The molecule has 2 aromatic rings. The molecule has 2 rings (SSSR count). The lowest BCUT2D eigenvalue weighted by atomic mass is 10.1. The molecular weight excluding hydrogens is 354 g/mol. The molecule has 28 heavy (non-hydrogen) atoms. The van der Waals surface area contributed by atoms with Gasteiger partial charge in [0.05, 0.1) is 27.4 Å². The Morgan fingerprint density at radius 3 is 2.39 bits per heavy atom. The maximum absolute atomic E-state index is 5.70. The molecule has 0 atom stereocenters. The van der Waals surface area contributed by atoms with Gasteiger partial charge in [-0.1, -0.05) is 31.2 Å². The van der Waals surface area contributed by atoms with Gasteiger partial charge >= 0.3 is 0 Å². The van der Waals surface area contributed by atoms with Crippen molar-refractivity contribution in [1.29, 1.82) is 0 Å². The fourth-order valence-corrected chi connectivity index (χ4v) is 2.70. The van der Waals surface area contributed by atoms with Crippen LogP contribution in [0.4, 0.5) is 5.69 Å². The summed E-state index contributed by atoms with van der Waals surface area (Å²) < 4.78 is 16.4. The molecule has 6 nitrogen and oxygen atoms in total. The van der Waals surface area contributed by atoms with E-state index in [9.17, 15) is 0 Å². The van der Waals surface area contributed by atoms with Crippen molar-refractivity contribution >= 4 is 11.6 Å². The second-order valence-electron chi connectivity index (χ2n) is 6.21. The van der Waals surface area contributed by atoms with E-state index in [4.69, 9.17) is 19.2 Å². The van der Waals surface area contributed by atoms with E-state index < -0.39 is 0 Å². The second-order valence-corrected chi connectivity index (χ2v) is 6.21. The number of hydrogen-bond acceptors (Lipinski definition) is 4. The third-order valence-corrected chi connectivity index (χ3v) is 4.12. The van der Waals surface area contributed by atoms with Crippen molar-refractivity contribution in [3.63, 3.8) is 0 Å². The molecule has 0 spiro atoms. The number of nitrogens with one attached hydrogen (secondary N) is 2. The Labute approximate surface area is 167 Å². The molecule has 2 aromatic carbocycles. The summed E-state index contributed by atoms with van der Waals surface area (Å²) in [5.41, 5.74) is 3.20. The SMILES string of the molecule is CCCOCc1ccccc1CN=C(NCC)Nc1ccc(OC)c(OC)c1. The van der Waals surface area contributed by atoms with Crippen molar-refractivity contribution in [2.75, 3.05) is 32.7 Å². The van der Waals surface area contributed by atoms with Gasteiger partial charge in [-0.3, -0.25) is 0 Å². The van der Waals surface area contributed by atoms with Gasteiger partial charge < -0.3 is 24.8 Å². The average Bonchev–Trinajstić information content (AvgIpc) is 2.73. The molecule has 152 valence electrons. The molecule has 0 fully saturated rings. The van der Waals surface area contributed by atoms with Crippen molar-refractivity contribution in [2.24, 2.45) is 4.99 Å². The number of aliphatic imine (C=N–C) groups is 1. The second kappa shape index (κ2) is 11.9. The number of methoxy groups -OCH3 is 2. The quantitative estimate of drug-likeness (QED) is 0.364. The lowest BCUT2D eigenvalue weighted by Crippen LogP contribution is -2.30. The van der Waals surface area contributed by atoms with Gasteiger partial charge in [-0.2, -0.15) is 0 Å². The summed E-state index contributed by atoms with van der Waals surface area (Å²) in [6.45, 7) is 6.85. The summed E-state index contributed by atoms with van der Waals surface area (Å²) in [7, 11) is 3.25. The maximum Gasteiger partial charge on any atom is 0.196 e. The van der Waals surface area contributed by atoms with E-state index in [0.717, 1.165) is 30.8 Å². The smallest absolute Gasteiger partial charge is 0.196 e. The summed E-state index contributed by atoms with van der Waals surface area (Å²) in [5.74, 6) is 2.07. The fourth-order valence-electron chi connectivity index (χ4n) is 2.70. The minimum absolute atomic E-state index is 0.564. The van der Waals surface area contributed by atoms with Crippen LogP contribution >= 0.6 is 0 Å². The minimum Gasteiger partial charge on any atom is -0.493 e. The predicted octanol–water partition coefficient (Wildman–Crippen LogP) is 4.21. The predicted molar refractivity (Wildman–Crippen MR) is 114 cm³/mol. The van der Waals surface area contributed by atoms with E-state index in [1.807, 2.05) is 37.3 Å². The monoisotopic (exact) mass is 385 g/mol. The standard InChI is InChI=1S/C22H31N3O3/c1-5-13-28-16-18-10-8-7-9-17(18)15-24-22(23-6-2)25-19-11-12-20(26-3)21(14-19)27-4/h7-12,14H,5-6,13,15-16H2,1-4H3,(H2,23,24,25). The van der Waals surface area contributed by atoms with Crippen molar-refractivity contribution in [3.05, 3.63) is 53.6 Å². The highest BCUT2D eigenvalue weighted by Gasteiger charge is 2.07. The molecule has 0 unspecified atom stereocenters. The van der Waals surface area contributed by atoms with E-state index in [2.05, 4.69) is 29.7 Å². The van der Waals surface area contributed by atoms with Gasteiger partial charge in [0.2, 0.25) is 0 Å². The van der Waals surface area contributed by atoms with Crippen LogP contribution in [0.1, 0.15) is 31.4 Å². The molecule has 0 amide bonds. The first-order chi connectivity index (χ1) is 13.7. The molecule has 2 N–H and O–H groups in total. The Bertz CT molecular complexity index is 762. The molecule has 6 heteroatoms. The van der Waals surface area contributed by atoms with Crippen LogP contribution < -0.4 is 20.1 Å². The Hall–Kier alpha value is -2.73. The Morgan fingerprint density at radius 1 is 0.964 bits per heavy atom. The molecule has 0 saturated carbocycles. The first-order valence-corrected chi connectivity index (χ1v) is 9.63. The highest BCUT2D eigenvalue weighted by molar-refractivity contribution is 5.93. The lowest BCUT2D eigenvalue weighted by molar-refractivity contribution is 0.121. The zero-order valence-corrected chi connectivity index (χ0v) is 17.2. The van der Waals surface area contributed by atoms with Gasteiger partial charge in [-0.05, 0) is 36.6 Å². The van der Waals surface area contributed by atoms with Gasteiger partial charge in [0, 0.05) is 24.9 Å². The topological polar surface area (TPSA) is 64.1 Å². The largest absolute Gasteiger partial charge is 0.493 e. The maximum atomic E-state index is 5.70. The van der Waals surface area contributed by atoms with Crippen LogP contribution in [0.25, 0.3) is 0 Å². The van der Waals surface area contributed by atoms with E-state index in [-0.39, 0.29) is 0 Å². The number of hydrogen-bond donors (Lipinski definition) is 2. The van der Waals surface area contributed by atoms with Crippen molar-refractivity contribution in [3.8, 4) is 11.5 Å². The van der Waals surface area contributed by atoms with Crippen molar-refractivity contribution < 1.29 is 14.2 Å². The molecule has 0 saturated heterocycles. The number of ether oxygens (including phenoxy) is 3. The summed E-state index contributed by atoms with van der Waals surface area (Å²) in [6, 6.07) is 13.9. The van der Waals surface area contributed by atoms with Crippen LogP contribution in [0.5, 0.6) is 11.5 Å². The van der Waals surface area contributed by atoms with Crippen LogP contribution in [-0.2, 0) is 17.9 Å². The van der Waals surface area contributed by atoms with Gasteiger partial charge in [-0.15, -0.1) is 0 Å². The number of anilines is 1. The highest BCUT2D eigenvalue weighted by Crippen LogP contribution is 2.29. The van der Waals surface area contributed by atoms with E-state index in [0.29, 0.717) is 30.6 Å². The molecule has 0 aliphatic carbocycles. The number of guanidine groups is 1. The van der Waals surface area contributed by atoms with Gasteiger partial charge in [0.15, 0.2) is 17.5 Å². The lowest BCUT2D eigenvalue weighted by Gasteiger charge is -2.14.